The lowest BCUT2D eigenvalue weighted by atomic mass is 9.80. The molecule has 0 radical (unpaired) electrons. The van der Waals surface area contributed by atoms with Crippen LogP contribution in [0.1, 0.15) is 100 Å². The van der Waals surface area contributed by atoms with Crippen LogP contribution in [0.25, 0.3) is 0 Å². The molecule has 3 saturated heterocycles. The average Bonchev–Trinajstić information content (AvgIpc) is 3.64. The Morgan fingerprint density at radius 1 is 0.925 bits per heavy atom. The first-order valence-electron chi connectivity index (χ1n) is 18.8. The lowest BCUT2D eigenvalue weighted by Gasteiger charge is -2.40. The molecule has 0 aromatic heterocycles. The van der Waals surface area contributed by atoms with Crippen molar-refractivity contribution in [1.29, 1.82) is 0 Å². The number of amides is 7. The van der Waals surface area contributed by atoms with Crippen LogP contribution in [-0.2, 0) is 28.8 Å². The monoisotopic (exact) mass is 776 g/mol. The average molecular weight is 777 g/mol. The van der Waals surface area contributed by atoms with Crippen molar-refractivity contribution in [2.24, 2.45) is 22.2 Å². The summed E-state index contributed by atoms with van der Waals surface area (Å²) < 4.78 is -0.420. The standard InChI is InChI=1S/C38H60N6O7S2/c1-10-15-39-32(49)29(47)24(14-13-23-11-12-23)40-31(48)25-18-38(52-16-17-53-38)22-44(25)33(50)30(36(5,6)7)42-34(51)41-26(35(2,3)4)21-43-27(45)19-37(8,9)20-28(43)46/h10,23-26,30H,1,11-22H2,2-9H3,(H,39,49)(H,40,48)(H2,41,42,51)/t24?,25-,26-,30+/m0/s1. The molecule has 4 N–H and O–H groups in total. The highest BCUT2D eigenvalue weighted by atomic mass is 32.2. The highest BCUT2D eigenvalue weighted by Gasteiger charge is 2.54. The maximum absolute atomic E-state index is 14.6. The molecule has 0 aromatic carbocycles. The number of thioether (sulfide) groups is 2. The van der Waals surface area contributed by atoms with E-state index in [1.807, 2.05) is 55.4 Å². The minimum atomic E-state index is -1.05. The number of hydrogen-bond donors (Lipinski definition) is 4. The number of hydrogen-bond acceptors (Lipinski definition) is 9. The molecule has 296 valence electrons. The third kappa shape index (κ3) is 11.2. The lowest BCUT2D eigenvalue weighted by Crippen LogP contribution is -2.62. The number of imide groups is 1. The summed E-state index contributed by atoms with van der Waals surface area (Å²) >= 11 is 3.41. The van der Waals surface area contributed by atoms with Gasteiger partial charge in [-0.2, -0.15) is 0 Å². The number of piperidine rings is 1. The van der Waals surface area contributed by atoms with E-state index >= 15 is 0 Å². The van der Waals surface area contributed by atoms with Gasteiger partial charge in [-0.1, -0.05) is 74.3 Å². The molecule has 1 aliphatic carbocycles. The zero-order valence-corrected chi connectivity index (χ0v) is 34.4. The van der Waals surface area contributed by atoms with Gasteiger partial charge in [0.05, 0.1) is 16.2 Å². The SMILES string of the molecule is C=CCNC(=O)C(=O)C(CCC1CC1)NC(=O)[C@@H]1CC2(CN1C(=O)[C@@H](NC(=O)N[C@@H](CN1C(=O)CC(C)(C)CC1=O)C(C)(C)C)C(C)(C)C)SCCS2. The molecule has 1 unspecified atom stereocenters. The molecule has 4 aliphatic rings. The van der Waals surface area contributed by atoms with Crippen molar-refractivity contribution in [3.63, 3.8) is 0 Å². The molecule has 1 saturated carbocycles. The van der Waals surface area contributed by atoms with E-state index in [1.165, 1.54) is 15.9 Å². The van der Waals surface area contributed by atoms with Gasteiger partial charge in [-0.25, -0.2) is 4.79 Å². The van der Waals surface area contributed by atoms with Crippen LogP contribution in [0.5, 0.6) is 0 Å². The largest absolute Gasteiger partial charge is 0.346 e. The fourth-order valence-corrected chi connectivity index (χ4v) is 10.3. The molecule has 4 atom stereocenters. The number of Topliss-reactive ketones (excluding diaryl/α,β-unsaturated/α-hetero) is 1. The van der Waals surface area contributed by atoms with E-state index < -0.39 is 74.0 Å². The van der Waals surface area contributed by atoms with Gasteiger partial charge in [0.25, 0.3) is 5.91 Å². The van der Waals surface area contributed by atoms with Crippen molar-refractivity contribution >= 4 is 64.9 Å². The molecule has 53 heavy (non-hydrogen) atoms. The summed E-state index contributed by atoms with van der Waals surface area (Å²) in [6.07, 6.45) is 5.41. The molecule has 3 aliphatic heterocycles. The summed E-state index contributed by atoms with van der Waals surface area (Å²) in [5.41, 5.74) is -1.77. The topological polar surface area (TPSA) is 174 Å². The second-order valence-corrected chi connectivity index (χ2v) is 21.2. The van der Waals surface area contributed by atoms with Crippen molar-refractivity contribution in [2.75, 3.05) is 31.1 Å². The van der Waals surface area contributed by atoms with E-state index in [-0.39, 0.29) is 44.3 Å². The van der Waals surface area contributed by atoms with Crippen LogP contribution in [0.3, 0.4) is 0 Å². The molecule has 15 heteroatoms. The van der Waals surface area contributed by atoms with Crippen molar-refractivity contribution < 1.29 is 33.6 Å². The van der Waals surface area contributed by atoms with E-state index in [0.29, 0.717) is 25.2 Å². The Morgan fingerprint density at radius 3 is 2.06 bits per heavy atom. The zero-order chi connectivity index (χ0) is 39.5. The Balaban J connectivity index is 1.54. The Hall–Kier alpha value is -3.07. The predicted molar refractivity (Wildman–Crippen MR) is 208 cm³/mol. The number of likely N-dealkylation sites (tertiary alicyclic amines) is 2. The first kappa shape index (κ1) is 42.7. The molecule has 1 spiro atoms. The maximum atomic E-state index is 14.6. The Labute approximate surface area is 323 Å². The van der Waals surface area contributed by atoms with Crippen LogP contribution in [-0.4, -0.2) is 111 Å². The first-order chi connectivity index (χ1) is 24.6. The van der Waals surface area contributed by atoms with Crippen LogP contribution in [0.2, 0.25) is 0 Å². The van der Waals surface area contributed by atoms with E-state index in [4.69, 9.17) is 0 Å². The summed E-state index contributed by atoms with van der Waals surface area (Å²) in [6, 6.07) is -4.27. The summed E-state index contributed by atoms with van der Waals surface area (Å²) in [5, 5.41) is 11.2. The predicted octanol–water partition coefficient (Wildman–Crippen LogP) is 3.61. The normalized spacial score (nSPS) is 22.9. The minimum absolute atomic E-state index is 0.00359. The van der Waals surface area contributed by atoms with Crippen molar-refractivity contribution in [3.05, 3.63) is 12.7 Å². The Bertz CT molecular complexity index is 1440. The highest BCUT2D eigenvalue weighted by molar-refractivity contribution is 8.21. The second kappa shape index (κ2) is 16.7. The highest BCUT2D eigenvalue weighted by Crippen LogP contribution is 2.52. The molecular weight excluding hydrogens is 717 g/mol. The van der Waals surface area contributed by atoms with Gasteiger partial charge in [-0.15, -0.1) is 30.1 Å². The lowest BCUT2D eigenvalue weighted by molar-refractivity contribution is -0.153. The summed E-state index contributed by atoms with van der Waals surface area (Å²) in [5.74, 6) is -0.827. The van der Waals surface area contributed by atoms with Gasteiger partial charge in [0.1, 0.15) is 12.1 Å². The number of urea groups is 1. The number of carbonyl (C=O) groups is 7. The van der Waals surface area contributed by atoms with Gasteiger partial charge in [0.15, 0.2) is 0 Å². The van der Waals surface area contributed by atoms with Crippen LogP contribution in [0, 0.1) is 22.2 Å². The van der Waals surface area contributed by atoms with Gasteiger partial charge in [-0.05, 0) is 35.0 Å². The third-order valence-electron chi connectivity index (χ3n) is 10.5. The number of rotatable bonds is 14. The number of ketones is 1. The van der Waals surface area contributed by atoms with Crippen LogP contribution >= 0.6 is 23.5 Å². The number of carbonyl (C=O) groups excluding carboxylic acids is 7. The molecule has 4 rings (SSSR count). The van der Waals surface area contributed by atoms with Crippen molar-refractivity contribution in [1.82, 2.24) is 31.1 Å². The molecule has 0 bridgehead atoms. The van der Waals surface area contributed by atoms with E-state index in [9.17, 15) is 33.6 Å². The Kier molecular flexibility index (Phi) is 13.5. The van der Waals surface area contributed by atoms with Crippen LogP contribution < -0.4 is 21.3 Å². The first-order valence-corrected chi connectivity index (χ1v) is 20.7. The fraction of sp³-hybridized carbons (Fsp3) is 0.763. The third-order valence-corrected chi connectivity index (χ3v) is 13.9. The van der Waals surface area contributed by atoms with Crippen LogP contribution in [0.15, 0.2) is 12.7 Å². The van der Waals surface area contributed by atoms with Crippen molar-refractivity contribution in [2.45, 2.75) is 129 Å². The maximum Gasteiger partial charge on any atom is 0.315 e. The van der Waals surface area contributed by atoms with E-state index in [0.717, 1.165) is 24.3 Å². The smallest absolute Gasteiger partial charge is 0.315 e. The van der Waals surface area contributed by atoms with E-state index in [2.05, 4.69) is 27.8 Å². The molecular formula is C38H60N6O7S2. The van der Waals surface area contributed by atoms with Gasteiger partial charge in [0, 0.05) is 50.4 Å². The minimum Gasteiger partial charge on any atom is -0.346 e. The number of nitrogens with zero attached hydrogens (tertiary/aromatic N) is 2. The van der Waals surface area contributed by atoms with Gasteiger partial charge in [0.2, 0.25) is 29.4 Å². The van der Waals surface area contributed by atoms with Gasteiger partial charge in [-0.3, -0.25) is 33.7 Å². The quantitative estimate of drug-likeness (QED) is 0.117. The number of nitrogens with one attached hydrogen (secondary N) is 4. The molecule has 7 amide bonds. The Morgan fingerprint density at radius 2 is 1.53 bits per heavy atom. The van der Waals surface area contributed by atoms with E-state index in [1.54, 1.807) is 23.5 Å². The fourth-order valence-electron chi connectivity index (χ4n) is 7.05. The summed E-state index contributed by atoms with van der Waals surface area (Å²) in [7, 11) is 0. The molecule has 13 nitrogen and oxygen atoms in total. The summed E-state index contributed by atoms with van der Waals surface area (Å²) in [6.45, 7) is 18.9. The van der Waals surface area contributed by atoms with Crippen molar-refractivity contribution in [3.8, 4) is 0 Å². The molecule has 3 heterocycles. The van der Waals surface area contributed by atoms with Gasteiger partial charge < -0.3 is 26.2 Å². The van der Waals surface area contributed by atoms with Gasteiger partial charge >= 0.3 is 6.03 Å². The van der Waals surface area contributed by atoms with Crippen LogP contribution in [0.4, 0.5) is 4.79 Å². The second-order valence-electron chi connectivity index (χ2n) is 18.0. The zero-order valence-electron chi connectivity index (χ0n) is 32.7. The molecule has 4 fully saturated rings. The summed E-state index contributed by atoms with van der Waals surface area (Å²) in [4.78, 5) is 97.3. The molecule has 0 aromatic rings.